The minimum Gasteiger partial charge on any atom is -0.354 e. The van der Waals surface area contributed by atoms with Gasteiger partial charge in [0.25, 0.3) is 10.0 Å². The molecule has 3 aromatic carbocycles. The summed E-state index contributed by atoms with van der Waals surface area (Å²) < 4.78 is 29.9. The van der Waals surface area contributed by atoms with Crippen molar-refractivity contribution in [3.63, 3.8) is 0 Å². The Morgan fingerprint density at radius 3 is 2.13 bits per heavy atom. The topological polar surface area (TPSA) is 86.8 Å². The normalized spacial score (nSPS) is 12.1. The van der Waals surface area contributed by atoms with E-state index in [1.165, 1.54) is 4.90 Å². The predicted octanol–water partition coefficient (Wildman–Crippen LogP) is 5.51. The van der Waals surface area contributed by atoms with Crippen LogP contribution in [0.15, 0.2) is 76.1 Å². The molecule has 7 nitrogen and oxygen atoms in total. The SMILES string of the molecule is CCCNC(=O)[C@@H](C)N(Cc1ccc(Br)cc1)C(=O)CN(c1ccc(C)cc1C)S(=O)(=O)c1ccc(C)cc1. The second-order valence-electron chi connectivity index (χ2n) is 9.73. The Morgan fingerprint density at radius 1 is 0.923 bits per heavy atom. The second kappa shape index (κ2) is 13.3. The van der Waals surface area contributed by atoms with Crippen molar-refractivity contribution in [2.75, 3.05) is 17.4 Å². The van der Waals surface area contributed by atoms with E-state index in [0.29, 0.717) is 12.2 Å². The van der Waals surface area contributed by atoms with Crippen molar-refractivity contribution in [1.29, 1.82) is 0 Å². The molecule has 0 spiro atoms. The van der Waals surface area contributed by atoms with Crippen LogP contribution < -0.4 is 9.62 Å². The number of sulfonamides is 1. The number of carbonyl (C=O) groups excluding carboxylic acids is 2. The number of anilines is 1. The first-order valence-electron chi connectivity index (χ1n) is 12.9. The highest BCUT2D eigenvalue weighted by Gasteiger charge is 2.33. The van der Waals surface area contributed by atoms with Crippen LogP contribution in [-0.4, -0.2) is 44.3 Å². The van der Waals surface area contributed by atoms with Gasteiger partial charge in [-0.1, -0.05) is 70.4 Å². The molecule has 1 N–H and O–H groups in total. The zero-order valence-corrected chi connectivity index (χ0v) is 25.5. The highest BCUT2D eigenvalue weighted by Crippen LogP contribution is 2.28. The molecule has 39 heavy (non-hydrogen) atoms. The number of nitrogens with zero attached hydrogens (tertiary/aromatic N) is 2. The van der Waals surface area contributed by atoms with Crippen molar-refractivity contribution < 1.29 is 18.0 Å². The van der Waals surface area contributed by atoms with Crippen molar-refractivity contribution in [1.82, 2.24) is 10.2 Å². The largest absolute Gasteiger partial charge is 0.354 e. The van der Waals surface area contributed by atoms with Crippen molar-refractivity contribution in [2.45, 2.75) is 58.5 Å². The summed E-state index contributed by atoms with van der Waals surface area (Å²) in [7, 11) is -4.09. The minimum absolute atomic E-state index is 0.0917. The van der Waals surface area contributed by atoms with Crippen LogP contribution in [0.4, 0.5) is 5.69 Å². The minimum atomic E-state index is -4.09. The molecule has 0 radical (unpaired) electrons. The number of rotatable bonds is 11. The standard InChI is InChI=1S/C30H36BrN3O4S/c1-6-17-32-30(36)24(5)33(19-25-10-12-26(31)13-11-25)29(35)20-34(28-16-9-22(3)18-23(28)4)39(37,38)27-14-7-21(2)8-15-27/h7-16,18,24H,6,17,19-20H2,1-5H3,(H,32,36)/t24-/m1/s1. The molecule has 2 amide bonds. The molecule has 0 aliphatic carbocycles. The Morgan fingerprint density at radius 2 is 1.54 bits per heavy atom. The predicted molar refractivity (Wildman–Crippen MR) is 159 cm³/mol. The smallest absolute Gasteiger partial charge is 0.264 e. The Kier molecular flexibility index (Phi) is 10.3. The van der Waals surface area contributed by atoms with Gasteiger partial charge in [-0.15, -0.1) is 0 Å². The maximum Gasteiger partial charge on any atom is 0.264 e. The van der Waals surface area contributed by atoms with Crippen LogP contribution in [0, 0.1) is 20.8 Å². The monoisotopic (exact) mass is 613 g/mol. The van der Waals surface area contributed by atoms with E-state index < -0.39 is 28.5 Å². The Bertz CT molecular complexity index is 1410. The average Bonchev–Trinajstić information content (AvgIpc) is 2.90. The molecule has 0 aliphatic heterocycles. The van der Waals surface area contributed by atoms with Crippen molar-refractivity contribution >= 4 is 43.5 Å². The van der Waals surface area contributed by atoms with Gasteiger partial charge in [0.2, 0.25) is 11.8 Å². The first-order chi connectivity index (χ1) is 18.4. The molecule has 0 unspecified atom stereocenters. The molecule has 0 bridgehead atoms. The summed E-state index contributed by atoms with van der Waals surface area (Å²) in [5, 5.41) is 2.85. The zero-order chi connectivity index (χ0) is 28.7. The molecule has 0 aliphatic rings. The van der Waals surface area contributed by atoms with Gasteiger partial charge in [-0.25, -0.2) is 8.42 Å². The summed E-state index contributed by atoms with van der Waals surface area (Å²) in [4.78, 5) is 28.4. The Balaban J connectivity index is 2.05. The van der Waals surface area contributed by atoms with Gasteiger partial charge < -0.3 is 10.2 Å². The summed E-state index contributed by atoms with van der Waals surface area (Å²) in [6.07, 6.45) is 0.758. The van der Waals surface area contributed by atoms with Gasteiger partial charge in [-0.2, -0.15) is 0 Å². The number of benzene rings is 3. The van der Waals surface area contributed by atoms with Gasteiger partial charge in [0.1, 0.15) is 12.6 Å². The van der Waals surface area contributed by atoms with Crippen LogP contribution in [0.5, 0.6) is 0 Å². The molecule has 1 atom stereocenters. The van der Waals surface area contributed by atoms with Crippen LogP contribution >= 0.6 is 15.9 Å². The van der Waals surface area contributed by atoms with Crippen molar-refractivity contribution in [2.24, 2.45) is 0 Å². The number of hydrogen-bond donors (Lipinski definition) is 1. The number of nitrogens with one attached hydrogen (secondary N) is 1. The van der Waals surface area contributed by atoms with E-state index in [9.17, 15) is 18.0 Å². The molecular weight excluding hydrogens is 578 g/mol. The number of carbonyl (C=O) groups is 2. The maximum atomic E-state index is 14.0. The summed E-state index contributed by atoms with van der Waals surface area (Å²) in [5.41, 5.74) is 3.87. The molecule has 9 heteroatoms. The third-order valence-corrected chi connectivity index (χ3v) is 8.79. The summed E-state index contributed by atoms with van der Waals surface area (Å²) in [5.74, 6) is -0.769. The summed E-state index contributed by atoms with van der Waals surface area (Å²) in [6, 6.07) is 18.6. The van der Waals surface area contributed by atoms with Gasteiger partial charge >= 0.3 is 0 Å². The molecule has 0 saturated heterocycles. The number of amides is 2. The third-order valence-electron chi connectivity index (χ3n) is 6.49. The second-order valence-corrected chi connectivity index (χ2v) is 12.5. The molecule has 3 aromatic rings. The number of halogens is 1. The summed E-state index contributed by atoms with van der Waals surface area (Å²) in [6.45, 7) is 9.43. The van der Waals surface area contributed by atoms with E-state index in [0.717, 1.165) is 37.5 Å². The zero-order valence-electron chi connectivity index (χ0n) is 23.1. The Hall–Kier alpha value is -3.17. The highest BCUT2D eigenvalue weighted by molar-refractivity contribution is 9.10. The van der Waals surface area contributed by atoms with Crippen LogP contribution in [0.25, 0.3) is 0 Å². The quantitative estimate of drug-likeness (QED) is 0.309. The lowest BCUT2D eigenvalue weighted by molar-refractivity contribution is -0.139. The van der Waals surface area contributed by atoms with Crippen LogP contribution in [0.1, 0.15) is 42.5 Å². The van der Waals surface area contributed by atoms with Crippen LogP contribution in [0.3, 0.4) is 0 Å². The van der Waals surface area contributed by atoms with Gasteiger partial charge in [-0.05, 0) is 75.6 Å². The van der Waals surface area contributed by atoms with Gasteiger partial charge in [0, 0.05) is 17.6 Å². The molecule has 3 rings (SSSR count). The molecule has 0 heterocycles. The van der Waals surface area contributed by atoms with E-state index in [1.54, 1.807) is 37.3 Å². The van der Waals surface area contributed by atoms with E-state index >= 15 is 0 Å². The lowest BCUT2D eigenvalue weighted by Gasteiger charge is -2.32. The summed E-state index contributed by atoms with van der Waals surface area (Å²) >= 11 is 3.42. The number of aryl methyl sites for hydroxylation is 3. The highest BCUT2D eigenvalue weighted by atomic mass is 79.9. The fraction of sp³-hybridized carbons (Fsp3) is 0.333. The van der Waals surface area contributed by atoms with Crippen molar-refractivity contribution in [3.05, 3.63) is 93.5 Å². The molecule has 0 aromatic heterocycles. The van der Waals surface area contributed by atoms with E-state index in [4.69, 9.17) is 0 Å². The Labute approximate surface area is 240 Å². The molecule has 0 fully saturated rings. The first kappa shape index (κ1) is 30.4. The van der Waals surface area contributed by atoms with E-state index in [1.807, 2.05) is 64.1 Å². The third kappa shape index (κ3) is 7.70. The fourth-order valence-corrected chi connectivity index (χ4v) is 5.94. The molecular formula is C30H36BrN3O4S. The lowest BCUT2D eigenvalue weighted by Crippen LogP contribution is -2.51. The molecule has 0 saturated carbocycles. The van der Waals surface area contributed by atoms with Crippen LogP contribution in [0.2, 0.25) is 0 Å². The van der Waals surface area contributed by atoms with Gasteiger partial charge in [-0.3, -0.25) is 13.9 Å². The van der Waals surface area contributed by atoms with Gasteiger partial charge in [0.15, 0.2) is 0 Å². The van der Waals surface area contributed by atoms with E-state index in [-0.39, 0.29) is 17.3 Å². The lowest BCUT2D eigenvalue weighted by atomic mass is 10.1. The van der Waals surface area contributed by atoms with Gasteiger partial charge in [0.05, 0.1) is 10.6 Å². The van der Waals surface area contributed by atoms with Crippen LogP contribution in [-0.2, 0) is 26.2 Å². The number of hydrogen-bond acceptors (Lipinski definition) is 4. The van der Waals surface area contributed by atoms with E-state index in [2.05, 4.69) is 21.2 Å². The first-order valence-corrected chi connectivity index (χ1v) is 15.2. The average molecular weight is 615 g/mol. The molecule has 208 valence electrons. The van der Waals surface area contributed by atoms with Crippen molar-refractivity contribution in [3.8, 4) is 0 Å². The fourth-order valence-electron chi connectivity index (χ4n) is 4.20. The maximum absolute atomic E-state index is 14.0.